The summed E-state index contributed by atoms with van der Waals surface area (Å²) in [5, 5.41) is 3.20. The van der Waals surface area contributed by atoms with Crippen LogP contribution in [0, 0.1) is 0 Å². The van der Waals surface area contributed by atoms with Gasteiger partial charge in [-0.1, -0.05) is 23.7 Å². The van der Waals surface area contributed by atoms with Crippen LogP contribution in [-0.4, -0.2) is 25.1 Å². The SMILES string of the molecule is CCOC(=O)c1cccc(OCC(=O)Nc2cccc(Cl)c2)c1. The first-order chi connectivity index (χ1) is 11.1. The molecule has 0 fully saturated rings. The second-order valence-corrected chi connectivity index (χ2v) is 5.03. The summed E-state index contributed by atoms with van der Waals surface area (Å²) in [6, 6.07) is 13.3. The second-order valence-electron chi connectivity index (χ2n) is 4.60. The first-order valence-corrected chi connectivity index (χ1v) is 7.41. The Labute approximate surface area is 139 Å². The summed E-state index contributed by atoms with van der Waals surface area (Å²) in [5.74, 6) is -0.341. The predicted octanol–water partition coefficient (Wildman–Crippen LogP) is 3.53. The van der Waals surface area contributed by atoms with E-state index < -0.39 is 5.97 Å². The Hall–Kier alpha value is -2.53. The molecule has 0 bridgehead atoms. The number of amides is 1. The van der Waals surface area contributed by atoms with E-state index in [0.29, 0.717) is 28.6 Å². The minimum Gasteiger partial charge on any atom is -0.484 e. The second kappa shape index (κ2) is 8.19. The van der Waals surface area contributed by atoms with E-state index in [1.54, 1.807) is 49.4 Å². The fourth-order valence-electron chi connectivity index (χ4n) is 1.84. The summed E-state index contributed by atoms with van der Waals surface area (Å²) in [7, 11) is 0. The van der Waals surface area contributed by atoms with Crippen molar-refractivity contribution in [2.45, 2.75) is 6.92 Å². The molecular formula is C17H16ClNO4. The molecule has 2 aromatic rings. The van der Waals surface area contributed by atoms with E-state index in [1.807, 2.05) is 0 Å². The molecule has 0 heterocycles. The van der Waals surface area contributed by atoms with Crippen molar-refractivity contribution in [3.63, 3.8) is 0 Å². The van der Waals surface area contributed by atoms with Crippen LogP contribution in [0.1, 0.15) is 17.3 Å². The Morgan fingerprint density at radius 3 is 2.65 bits per heavy atom. The van der Waals surface area contributed by atoms with Crippen LogP contribution in [0.25, 0.3) is 0 Å². The van der Waals surface area contributed by atoms with Crippen molar-refractivity contribution in [3.8, 4) is 5.75 Å². The zero-order valence-corrected chi connectivity index (χ0v) is 13.3. The zero-order valence-electron chi connectivity index (χ0n) is 12.5. The lowest BCUT2D eigenvalue weighted by atomic mass is 10.2. The highest BCUT2D eigenvalue weighted by Gasteiger charge is 2.09. The number of esters is 1. The van der Waals surface area contributed by atoms with Crippen molar-refractivity contribution in [1.82, 2.24) is 0 Å². The molecule has 120 valence electrons. The smallest absolute Gasteiger partial charge is 0.338 e. The Bertz CT molecular complexity index is 702. The standard InChI is InChI=1S/C17H16ClNO4/c1-2-22-17(21)12-5-3-8-15(9-12)23-11-16(20)19-14-7-4-6-13(18)10-14/h3-10H,2,11H2,1H3,(H,19,20). The summed E-state index contributed by atoms with van der Waals surface area (Å²) in [6.07, 6.45) is 0. The highest BCUT2D eigenvalue weighted by molar-refractivity contribution is 6.30. The maximum atomic E-state index is 11.8. The number of carbonyl (C=O) groups excluding carboxylic acids is 2. The molecule has 2 rings (SSSR count). The summed E-state index contributed by atoms with van der Waals surface area (Å²) in [6.45, 7) is 1.85. The molecule has 1 amide bonds. The van der Waals surface area contributed by atoms with Crippen LogP contribution in [0.4, 0.5) is 5.69 Å². The summed E-state index contributed by atoms with van der Waals surface area (Å²) in [4.78, 5) is 23.5. The number of hydrogen-bond donors (Lipinski definition) is 1. The topological polar surface area (TPSA) is 64.6 Å². The molecule has 0 aliphatic rings. The molecule has 0 aromatic heterocycles. The molecule has 6 heteroatoms. The molecule has 0 unspecified atom stereocenters. The number of hydrogen-bond acceptors (Lipinski definition) is 4. The number of ether oxygens (including phenoxy) is 2. The number of benzene rings is 2. The Morgan fingerprint density at radius 2 is 1.91 bits per heavy atom. The van der Waals surface area contributed by atoms with E-state index in [2.05, 4.69) is 5.32 Å². The third-order valence-corrected chi connectivity index (χ3v) is 3.06. The number of nitrogens with one attached hydrogen (secondary N) is 1. The lowest BCUT2D eigenvalue weighted by Gasteiger charge is -2.09. The van der Waals surface area contributed by atoms with Crippen molar-refractivity contribution in [1.29, 1.82) is 0 Å². The monoisotopic (exact) mass is 333 g/mol. The minimum absolute atomic E-state index is 0.182. The lowest BCUT2D eigenvalue weighted by molar-refractivity contribution is -0.118. The molecule has 0 saturated carbocycles. The van der Waals surface area contributed by atoms with Crippen LogP contribution in [0.15, 0.2) is 48.5 Å². The number of carbonyl (C=O) groups is 2. The fraction of sp³-hybridized carbons (Fsp3) is 0.176. The average molecular weight is 334 g/mol. The van der Waals surface area contributed by atoms with Gasteiger partial charge >= 0.3 is 5.97 Å². The van der Waals surface area contributed by atoms with Gasteiger partial charge in [0, 0.05) is 10.7 Å². The van der Waals surface area contributed by atoms with E-state index in [4.69, 9.17) is 21.1 Å². The van der Waals surface area contributed by atoms with Gasteiger partial charge in [0.05, 0.1) is 12.2 Å². The van der Waals surface area contributed by atoms with Gasteiger partial charge in [-0.05, 0) is 43.3 Å². The third kappa shape index (κ3) is 5.30. The fourth-order valence-corrected chi connectivity index (χ4v) is 2.03. The molecule has 2 aromatic carbocycles. The van der Waals surface area contributed by atoms with Crippen LogP contribution in [0.5, 0.6) is 5.75 Å². The third-order valence-electron chi connectivity index (χ3n) is 2.82. The van der Waals surface area contributed by atoms with Gasteiger partial charge in [0.2, 0.25) is 0 Å². The van der Waals surface area contributed by atoms with Crippen LogP contribution in [0.3, 0.4) is 0 Å². The Kier molecular flexibility index (Phi) is 6.00. The summed E-state index contributed by atoms with van der Waals surface area (Å²) < 4.78 is 10.3. The van der Waals surface area contributed by atoms with Crippen molar-refractivity contribution in [2.75, 3.05) is 18.5 Å². The molecule has 0 atom stereocenters. The predicted molar refractivity (Wildman–Crippen MR) is 88.0 cm³/mol. The molecular weight excluding hydrogens is 318 g/mol. The van der Waals surface area contributed by atoms with Crippen molar-refractivity contribution >= 4 is 29.2 Å². The van der Waals surface area contributed by atoms with Crippen molar-refractivity contribution < 1.29 is 19.1 Å². The molecule has 0 spiro atoms. The highest BCUT2D eigenvalue weighted by atomic mass is 35.5. The Balaban J connectivity index is 1.91. The van der Waals surface area contributed by atoms with Gasteiger partial charge in [0.15, 0.2) is 6.61 Å². The maximum absolute atomic E-state index is 11.8. The van der Waals surface area contributed by atoms with Gasteiger partial charge in [-0.2, -0.15) is 0 Å². The molecule has 5 nitrogen and oxygen atoms in total. The largest absolute Gasteiger partial charge is 0.484 e. The van der Waals surface area contributed by atoms with Crippen LogP contribution in [-0.2, 0) is 9.53 Å². The van der Waals surface area contributed by atoms with Crippen LogP contribution >= 0.6 is 11.6 Å². The molecule has 0 radical (unpaired) electrons. The number of rotatable bonds is 6. The van der Waals surface area contributed by atoms with Gasteiger partial charge in [0.25, 0.3) is 5.91 Å². The molecule has 0 saturated heterocycles. The minimum atomic E-state index is -0.429. The van der Waals surface area contributed by atoms with Gasteiger partial charge in [-0.25, -0.2) is 4.79 Å². The normalized spacial score (nSPS) is 10.0. The van der Waals surface area contributed by atoms with E-state index in [-0.39, 0.29) is 12.5 Å². The number of halogens is 1. The van der Waals surface area contributed by atoms with E-state index in [0.717, 1.165) is 0 Å². The van der Waals surface area contributed by atoms with E-state index in [1.165, 1.54) is 6.07 Å². The van der Waals surface area contributed by atoms with Gasteiger partial charge in [0.1, 0.15) is 5.75 Å². The average Bonchev–Trinajstić information content (AvgIpc) is 2.53. The van der Waals surface area contributed by atoms with Crippen LogP contribution in [0.2, 0.25) is 5.02 Å². The zero-order chi connectivity index (χ0) is 16.7. The van der Waals surface area contributed by atoms with Gasteiger partial charge in [-0.15, -0.1) is 0 Å². The first kappa shape index (κ1) is 16.8. The van der Waals surface area contributed by atoms with Gasteiger partial charge < -0.3 is 14.8 Å². The van der Waals surface area contributed by atoms with Crippen molar-refractivity contribution in [3.05, 3.63) is 59.1 Å². The van der Waals surface area contributed by atoms with E-state index >= 15 is 0 Å². The maximum Gasteiger partial charge on any atom is 0.338 e. The summed E-state index contributed by atoms with van der Waals surface area (Å²) in [5.41, 5.74) is 0.964. The number of anilines is 1. The molecule has 0 aliphatic carbocycles. The van der Waals surface area contributed by atoms with Gasteiger partial charge in [-0.3, -0.25) is 4.79 Å². The highest BCUT2D eigenvalue weighted by Crippen LogP contribution is 2.16. The molecule has 1 N–H and O–H groups in total. The lowest BCUT2D eigenvalue weighted by Crippen LogP contribution is -2.20. The molecule has 0 aliphatic heterocycles. The van der Waals surface area contributed by atoms with Crippen molar-refractivity contribution in [2.24, 2.45) is 0 Å². The Morgan fingerprint density at radius 1 is 1.13 bits per heavy atom. The first-order valence-electron chi connectivity index (χ1n) is 7.04. The summed E-state index contributed by atoms with van der Waals surface area (Å²) >= 11 is 5.85. The van der Waals surface area contributed by atoms with E-state index in [9.17, 15) is 9.59 Å². The molecule has 23 heavy (non-hydrogen) atoms. The quantitative estimate of drug-likeness (QED) is 0.821. The van der Waals surface area contributed by atoms with Crippen LogP contribution < -0.4 is 10.1 Å².